The first-order valence-corrected chi connectivity index (χ1v) is 8.43. The molecule has 128 valence electrons. The first kappa shape index (κ1) is 17.0. The van der Waals surface area contributed by atoms with E-state index in [4.69, 9.17) is 9.47 Å². The van der Waals surface area contributed by atoms with Gasteiger partial charge in [0.15, 0.2) is 17.3 Å². The lowest BCUT2D eigenvalue weighted by molar-refractivity contribution is 0.102. The summed E-state index contributed by atoms with van der Waals surface area (Å²) in [5, 5.41) is 12.2. The second-order valence-electron chi connectivity index (χ2n) is 4.99. The predicted octanol–water partition coefficient (Wildman–Crippen LogP) is 2.65. The van der Waals surface area contributed by atoms with Crippen molar-refractivity contribution < 1.29 is 14.3 Å². The number of aromatic nitrogens is 4. The van der Waals surface area contributed by atoms with Crippen LogP contribution in [-0.2, 0) is 0 Å². The van der Waals surface area contributed by atoms with Crippen molar-refractivity contribution in [3.05, 3.63) is 54.1 Å². The van der Waals surface area contributed by atoms with Crippen LogP contribution in [0.5, 0.6) is 11.5 Å². The molecule has 1 heterocycles. The normalized spacial score (nSPS) is 10.5. The van der Waals surface area contributed by atoms with Gasteiger partial charge in [-0.15, -0.1) is 5.10 Å². The number of tetrazole rings is 1. The van der Waals surface area contributed by atoms with Gasteiger partial charge in [0, 0.05) is 11.6 Å². The molecule has 0 atom stereocenters. The Balaban J connectivity index is 1.78. The lowest BCUT2D eigenvalue weighted by atomic mass is 10.2. The van der Waals surface area contributed by atoms with Crippen molar-refractivity contribution in [3.8, 4) is 17.2 Å². The van der Waals surface area contributed by atoms with Crippen LogP contribution in [0.25, 0.3) is 5.69 Å². The minimum Gasteiger partial charge on any atom is -0.493 e. The van der Waals surface area contributed by atoms with Gasteiger partial charge in [-0.25, -0.2) is 0 Å². The molecule has 7 nitrogen and oxygen atoms in total. The molecule has 0 saturated carbocycles. The zero-order chi connectivity index (χ0) is 17.6. The Morgan fingerprint density at radius 1 is 1.08 bits per heavy atom. The van der Waals surface area contributed by atoms with E-state index in [2.05, 4.69) is 15.5 Å². The molecule has 0 aliphatic heterocycles. The van der Waals surface area contributed by atoms with E-state index in [-0.39, 0.29) is 11.5 Å². The number of ether oxygens (including phenoxy) is 2. The quantitative estimate of drug-likeness (QED) is 0.475. The highest BCUT2D eigenvalue weighted by molar-refractivity contribution is 7.99. The molecular weight excluding hydrogens is 340 g/mol. The fourth-order valence-electron chi connectivity index (χ4n) is 2.23. The largest absolute Gasteiger partial charge is 0.493 e. The maximum atomic E-state index is 12.2. The molecular formula is C17H16N4O3S. The molecule has 0 amide bonds. The van der Waals surface area contributed by atoms with E-state index >= 15 is 0 Å². The second kappa shape index (κ2) is 7.80. The van der Waals surface area contributed by atoms with Gasteiger partial charge in [0.25, 0.3) is 0 Å². The van der Waals surface area contributed by atoms with E-state index < -0.39 is 0 Å². The number of Topliss-reactive ketones (excluding diaryl/α,β-unsaturated/α-hetero) is 1. The first-order chi connectivity index (χ1) is 12.2. The van der Waals surface area contributed by atoms with Crippen molar-refractivity contribution in [3.63, 3.8) is 0 Å². The molecule has 1 aromatic heterocycles. The second-order valence-corrected chi connectivity index (χ2v) is 5.93. The molecule has 8 heteroatoms. The minimum atomic E-state index is 0.0208. The summed E-state index contributed by atoms with van der Waals surface area (Å²) in [6, 6.07) is 14.5. The summed E-state index contributed by atoms with van der Waals surface area (Å²) in [4.78, 5) is 12.2. The smallest absolute Gasteiger partial charge is 0.214 e. The number of carbonyl (C=O) groups excluding carboxylic acids is 1. The van der Waals surface area contributed by atoms with E-state index in [0.717, 1.165) is 5.69 Å². The van der Waals surface area contributed by atoms with Crippen molar-refractivity contribution in [1.29, 1.82) is 0 Å². The lowest BCUT2D eigenvalue weighted by Crippen LogP contribution is -2.05. The van der Waals surface area contributed by atoms with Crippen LogP contribution in [0, 0.1) is 0 Å². The SMILES string of the molecule is COc1ccc(-n2nnnc2SCC(=O)c2ccccc2)cc1OC. The molecule has 0 bridgehead atoms. The van der Waals surface area contributed by atoms with Gasteiger partial charge in [-0.1, -0.05) is 42.1 Å². The molecule has 0 unspecified atom stereocenters. The van der Waals surface area contributed by atoms with Gasteiger partial charge in [0.1, 0.15) is 0 Å². The first-order valence-electron chi connectivity index (χ1n) is 7.44. The maximum Gasteiger partial charge on any atom is 0.214 e. The number of rotatable bonds is 7. The predicted molar refractivity (Wildman–Crippen MR) is 93.8 cm³/mol. The summed E-state index contributed by atoms with van der Waals surface area (Å²) in [6.07, 6.45) is 0. The van der Waals surface area contributed by atoms with Crippen LogP contribution >= 0.6 is 11.8 Å². The third-order valence-electron chi connectivity index (χ3n) is 3.48. The summed E-state index contributed by atoms with van der Waals surface area (Å²) in [5.74, 6) is 1.46. The number of carbonyl (C=O) groups is 1. The van der Waals surface area contributed by atoms with E-state index in [0.29, 0.717) is 22.2 Å². The van der Waals surface area contributed by atoms with Crippen LogP contribution in [0.4, 0.5) is 0 Å². The summed E-state index contributed by atoms with van der Waals surface area (Å²) in [7, 11) is 3.14. The Morgan fingerprint density at radius 2 is 1.84 bits per heavy atom. The number of benzene rings is 2. The monoisotopic (exact) mass is 356 g/mol. The van der Waals surface area contributed by atoms with Gasteiger partial charge < -0.3 is 9.47 Å². The van der Waals surface area contributed by atoms with Gasteiger partial charge in [0.2, 0.25) is 5.16 Å². The van der Waals surface area contributed by atoms with Crippen LogP contribution in [0.2, 0.25) is 0 Å². The number of methoxy groups -OCH3 is 2. The van der Waals surface area contributed by atoms with Crippen molar-refractivity contribution in [2.45, 2.75) is 5.16 Å². The standard InChI is InChI=1S/C17H16N4O3S/c1-23-15-9-8-13(10-16(15)24-2)21-17(18-19-20-21)25-11-14(22)12-6-4-3-5-7-12/h3-10H,11H2,1-2H3. The van der Waals surface area contributed by atoms with Crippen molar-refractivity contribution >= 4 is 17.5 Å². The maximum absolute atomic E-state index is 12.2. The van der Waals surface area contributed by atoms with Crippen LogP contribution in [0.15, 0.2) is 53.7 Å². The fraction of sp³-hybridized carbons (Fsp3) is 0.176. The van der Waals surface area contributed by atoms with Gasteiger partial charge >= 0.3 is 0 Å². The molecule has 3 rings (SSSR count). The number of thioether (sulfide) groups is 1. The van der Waals surface area contributed by atoms with E-state index in [9.17, 15) is 4.79 Å². The van der Waals surface area contributed by atoms with Gasteiger partial charge in [-0.3, -0.25) is 4.79 Å². The molecule has 0 N–H and O–H groups in total. The topological polar surface area (TPSA) is 79.1 Å². The Morgan fingerprint density at radius 3 is 2.56 bits per heavy atom. The zero-order valence-corrected chi connectivity index (χ0v) is 14.6. The Bertz CT molecular complexity index is 867. The lowest BCUT2D eigenvalue weighted by Gasteiger charge is -2.10. The molecule has 0 saturated heterocycles. The average Bonchev–Trinajstić information content (AvgIpc) is 3.14. The molecule has 0 fully saturated rings. The third kappa shape index (κ3) is 3.80. The van der Waals surface area contributed by atoms with E-state index in [1.54, 1.807) is 43.2 Å². The minimum absolute atomic E-state index is 0.0208. The number of hydrogen-bond donors (Lipinski definition) is 0. The highest BCUT2D eigenvalue weighted by Gasteiger charge is 2.14. The highest BCUT2D eigenvalue weighted by atomic mass is 32.2. The summed E-state index contributed by atoms with van der Waals surface area (Å²) in [6.45, 7) is 0. The van der Waals surface area contributed by atoms with E-state index in [1.807, 2.05) is 24.3 Å². The van der Waals surface area contributed by atoms with Gasteiger partial charge in [0.05, 0.1) is 25.7 Å². The van der Waals surface area contributed by atoms with E-state index in [1.165, 1.54) is 11.8 Å². The third-order valence-corrected chi connectivity index (χ3v) is 4.40. The van der Waals surface area contributed by atoms with Gasteiger partial charge in [-0.2, -0.15) is 4.68 Å². The highest BCUT2D eigenvalue weighted by Crippen LogP contribution is 2.30. The Hall–Kier alpha value is -2.87. The van der Waals surface area contributed by atoms with Crippen LogP contribution in [0.1, 0.15) is 10.4 Å². The number of hydrogen-bond acceptors (Lipinski definition) is 7. The molecule has 3 aromatic rings. The number of nitrogens with zero attached hydrogens (tertiary/aromatic N) is 4. The van der Waals surface area contributed by atoms with Crippen molar-refractivity contribution in [2.75, 3.05) is 20.0 Å². The molecule has 0 spiro atoms. The van der Waals surface area contributed by atoms with Crippen LogP contribution < -0.4 is 9.47 Å². The summed E-state index contributed by atoms with van der Waals surface area (Å²) >= 11 is 1.28. The Labute approximate surface area is 149 Å². The average molecular weight is 356 g/mol. The molecule has 0 aliphatic carbocycles. The van der Waals surface area contributed by atoms with Crippen molar-refractivity contribution in [2.24, 2.45) is 0 Å². The Kier molecular flexibility index (Phi) is 5.30. The molecule has 0 aliphatic rings. The number of ketones is 1. The molecule has 2 aromatic carbocycles. The molecule has 25 heavy (non-hydrogen) atoms. The van der Waals surface area contributed by atoms with Crippen LogP contribution in [-0.4, -0.2) is 46.0 Å². The summed E-state index contributed by atoms with van der Waals surface area (Å²) < 4.78 is 12.1. The fourth-order valence-corrected chi connectivity index (χ4v) is 3.01. The molecule has 0 radical (unpaired) electrons. The van der Waals surface area contributed by atoms with Crippen LogP contribution in [0.3, 0.4) is 0 Å². The van der Waals surface area contributed by atoms with Crippen molar-refractivity contribution in [1.82, 2.24) is 20.2 Å². The zero-order valence-electron chi connectivity index (χ0n) is 13.7. The summed E-state index contributed by atoms with van der Waals surface area (Å²) in [5.41, 5.74) is 1.39. The van der Waals surface area contributed by atoms with Gasteiger partial charge in [-0.05, 0) is 22.6 Å².